The van der Waals surface area contributed by atoms with E-state index in [1.165, 1.54) is 4.90 Å². The fourth-order valence-electron chi connectivity index (χ4n) is 5.63. The standard InChI is InChI=1S/C27H30N2O5/c1-26(24(31)32)14-7-15-29(26)23(30)27(2,17-12-13-17)28-25(33)34-16-22-20-10-5-3-8-18(20)19-9-4-6-11-21(19)22/h3-6,8-11,17,22H,7,12-16H2,1-2H3,(H,28,33)(H,31,32). The molecule has 0 aromatic heterocycles. The molecule has 2 amide bonds. The van der Waals surface area contributed by atoms with Crippen LogP contribution in [0.3, 0.4) is 0 Å². The molecule has 7 nitrogen and oxygen atoms in total. The molecule has 0 spiro atoms. The lowest BCUT2D eigenvalue weighted by molar-refractivity contribution is -0.158. The summed E-state index contributed by atoms with van der Waals surface area (Å²) in [5.41, 5.74) is 2.08. The average molecular weight is 463 g/mol. The maximum absolute atomic E-state index is 13.6. The van der Waals surface area contributed by atoms with Crippen molar-refractivity contribution in [1.82, 2.24) is 10.2 Å². The van der Waals surface area contributed by atoms with E-state index < -0.39 is 23.1 Å². The number of nitrogens with zero attached hydrogens (tertiary/aromatic N) is 1. The summed E-state index contributed by atoms with van der Waals surface area (Å²) < 4.78 is 5.69. The summed E-state index contributed by atoms with van der Waals surface area (Å²) in [5, 5.41) is 12.6. The number of nitrogens with one attached hydrogen (secondary N) is 1. The fraction of sp³-hybridized carbons (Fsp3) is 0.444. The van der Waals surface area contributed by atoms with E-state index in [1.54, 1.807) is 13.8 Å². The number of hydrogen-bond donors (Lipinski definition) is 2. The maximum atomic E-state index is 13.6. The molecule has 1 heterocycles. The number of rotatable bonds is 6. The third-order valence-corrected chi connectivity index (χ3v) is 7.89. The molecule has 2 aliphatic carbocycles. The number of amides is 2. The summed E-state index contributed by atoms with van der Waals surface area (Å²) in [6.45, 7) is 3.82. The van der Waals surface area contributed by atoms with Crippen LogP contribution in [0.1, 0.15) is 56.6 Å². The first-order chi connectivity index (χ1) is 16.3. The van der Waals surface area contributed by atoms with Crippen LogP contribution in [0.4, 0.5) is 4.79 Å². The molecule has 0 radical (unpaired) electrons. The topological polar surface area (TPSA) is 95.9 Å². The number of likely N-dealkylation sites (tertiary alicyclic amines) is 1. The SMILES string of the molecule is CC(NC(=O)OCC1c2ccccc2-c2ccccc21)(C(=O)N1CCCC1(C)C(=O)O)C1CC1. The second-order valence-electron chi connectivity index (χ2n) is 10.1. The molecule has 3 aliphatic rings. The second kappa shape index (κ2) is 8.15. The number of carbonyl (C=O) groups is 3. The monoisotopic (exact) mass is 462 g/mol. The van der Waals surface area contributed by atoms with Gasteiger partial charge in [-0.2, -0.15) is 0 Å². The molecule has 2 atom stereocenters. The fourth-order valence-corrected chi connectivity index (χ4v) is 5.63. The van der Waals surface area contributed by atoms with Crippen molar-refractivity contribution >= 4 is 18.0 Å². The first kappa shape index (κ1) is 22.4. The van der Waals surface area contributed by atoms with Gasteiger partial charge < -0.3 is 20.1 Å². The minimum absolute atomic E-state index is 0.0286. The maximum Gasteiger partial charge on any atom is 0.408 e. The number of carboxylic acid groups (broad SMARTS) is 1. The van der Waals surface area contributed by atoms with Gasteiger partial charge in [0.2, 0.25) is 5.91 Å². The lowest BCUT2D eigenvalue weighted by atomic mass is 9.91. The van der Waals surface area contributed by atoms with Crippen molar-refractivity contribution in [2.24, 2.45) is 5.92 Å². The molecule has 2 aromatic carbocycles. The lowest BCUT2D eigenvalue weighted by Crippen LogP contribution is -2.63. The van der Waals surface area contributed by atoms with Crippen molar-refractivity contribution < 1.29 is 24.2 Å². The highest BCUT2D eigenvalue weighted by Gasteiger charge is 2.56. The Morgan fingerprint density at radius 2 is 1.68 bits per heavy atom. The Bertz CT molecular complexity index is 1110. The lowest BCUT2D eigenvalue weighted by Gasteiger charge is -2.39. The van der Waals surface area contributed by atoms with Crippen molar-refractivity contribution in [3.63, 3.8) is 0 Å². The number of ether oxygens (including phenoxy) is 1. The zero-order valence-corrected chi connectivity index (χ0v) is 19.5. The third kappa shape index (κ3) is 3.54. The van der Waals surface area contributed by atoms with Gasteiger partial charge in [-0.1, -0.05) is 48.5 Å². The van der Waals surface area contributed by atoms with E-state index in [1.807, 2.05) is 24.3 Å². The van der Waals surface area contributed by atoms with E-state index in [-0.39, 0.29) is 24.3 Å². The van der Waals surface area contributed by atoms with Crippen LogP contribution in [0.5, 0.6) is 0 Å². The molecule has 1 saturated heterocycles. The molecule has 7 heteroatoms. The van der Waals surface area contributed by atoms with Crippen LogP contribution in [0, 0.1) is 5.92 Å². The zero-order valence-electron chi connectivity index (χ0n) is 19.5. The number of carbonyl (C=O) groups excluding carboxylic acids is 2. The van der Waals surface area contributed by atoms with E-state index in [2.05, 4.69) is 29.6 Å². The number of carboxylic acids is 1. The van der Waals surface area contributed by atoms with Crippen LogP contribution in [0.25, 0.3) is 11.1 Å². The van der Waals surface area contributed by atoms with Gasteiger partial charge >= 0.3 is 12.1 Å². The summed E-state index contributed by atoms with van der Waals surface area (Å²) in [4.78, 5) is 39.9. The minimum Gasteiger partial charge on any atom is -0.480 e. The number of fused-ring (bicyclic) bond motifs is 3. The Kier molecular flexibility index (Phi) is 5.38. The van der Waals surface area contributed by atoms with Crippen molar-refractivity contribution in [2.45, 2.75) is 56.5 Å². The minimum atomic E-state index is -1.25. The summed E-state index contributed by atoms with van der Waals surface area (Å²) in [6.07, 6.45) is 1.99. The van der Waals surface area contributed by atoms with Crippen LogP contribution < -0.4 is 5.32 Å². The van der Waals surface area contributed by atoms with Gasteiger partial charge in [0.1, 0.15) is 17.7 Å². The van der Waals surface area contributed by atoms with Crippen molar-refractivity contribution in [2.75, 3.05) is 13.2 Å². The Labute approximate surface area is 199 Å². The molecule has 2 fully saturated rings. The average Bonchev–Trinajstić information content (AvgIpc) is 3.54. The quantitative estimate of drug-likeness (QED) is 0.672. The van der Waals surface area contributed by atoms with Crippen molar-refractivity contribution in [3.05, 3.63) is 59.7 Å². The predicted octanol–water partition coefficient (Wildman–Crippen LogP) is 4.16. The van der Waals surface area contributed by atoms with E-state index >= 15 is 0 Å². The first-order valence-corrected chi connectivity index (χ1v) is 11.9. The Morgan fingerprint density at radius 3 is 2.24 bits per heavy atom. The number of aliphatic carboxylic acids is 1. The van der Waals surface area contributed by atoms with Gasteiger partial charge in [-0.25, -0.2) is 9.59 Å². The molecule has 1 saturated carbocycles. The highest BCUT2D eigenvalue weighted by molar-refractivity contribution is 5.95. The van der Waals surface area contributed by atoms with Crippen LogP contribution >= 0.6 is 0 Å². The smallest absolute Gasteiger partial charge is 0.408 e. The van der Waals surface area contributed by atoms with Crippen LogP contribution in [0.15, 0.2) is 48.5 Å². The Morgan fingerprint density at radius 1 is 1.09 bits per heavy atom. The van der Waals surface area contributed by atoms with Gasteiger partial charge in [0.25, 0.3) is 0 Å². The number of hydrogen-bond acceptors (Lipinski definition) is 4. The van der Waals surface area contributed by atoms with Crippen LogP contribution in [0.2, 0.25) is 0 Å². The van der Waals surface area contributed by atoms with Gasteiger partial charge in [0, 0.05) is 12.5 Å². The highest BCUT2D eigenvalue weighted by atomic mass is 16.5. The van der Waals surface area contributed by atoms with E-state index in [4.69, 9.17) is 4.74 Å². The molecule has 0 bridgehead atoms. The van der Waals surface area contributed by atoms with Crippen LogP contribution in [-0.2, 0) is 14.3 Å². The van der Waals surface area contributed by atoms with Crippen LogP contribution in [-0.4, -0.2) is 52.2 Å². The number of benzene rings is 2. The largest absolute Gasteiger partial charge is 0.480 e. The molecule has 2 aromatic rings. The molecular formula is C27H30N2O5. The first-order valence-electron chi connectivity index (χ1n) is 11.9. The third-order valence-electron chi connectivity index (χ3n) is 7.89. The van der Waals surface area contributed by atoms with Gasteiger partial charge in [0.05, 0.1) is 0 Å². The summed E-state index contributed by atoms with van der Waals surface area (Å²) >= 11 is 0. The van der Waals surface area contributed by atoms with Gasteiger partial charge in [-0.3, -0.25) is 4.79 Å². The van der Waals surface area contributed by atoms with Gasteiger partial charge in [0.15, 0.2) is 0 Å². The summed E-state index contributed by atoms with van der Waals surface area (Å²) in [5.74, 6) is -1.46. The molecule has 2 unspecified atom stereocenters. The molecule has 34 heavy (non-hydrogen) atoms. The van der Waals surface area contributed by atoms with E-state index in [0.29, 0.717) is 19.4 Å². The molecular weight excluding hydrogens is 432 g/mol. The normalized spacial score (nSPS) is 23.1. The van der Waals surface area contributed by atoms with Crippen molar-refractivity contribution in [3.8, 4) is 11.1 Å². The molecule has 5 rings (SSSR count). The number of alkyl carbamates (subject to hydrolysis) is 1. The molecule has 178 valence electrons. The van der Waals surface area contributed by atoms with Crippen molar-refractivity contribution in [1.29, 1.82) is 0 Å². The van der Waals surface area contributed by atoms with E-state index in [0.717, 1.165) is 35.1 Å². The Hall–Kier alpha value is -3.35. The van der Waals surface area contributed by atoms with Gasteiger partial charge in [-0.05, 0) is 67.7 Å². The second-order valence-corrected chi connectivity index (χ2v) is 10.1. The predicted molar refractivity (Wildman–Crippen MR) is 126 cm³/mol. The summed E-state index contributed by atoms with van der Waals surface area (Å²) in [7, 11) is 0. The zero-order chi connectivity index (χ0) is 24.1. The summed E-state index contributed by atoms with van der Waals surface area (Å²) in [6, 6.07) is 16.2. The highest BCUT2D eigenvalue weighted by Crippen LogP contribution is 2.45. The molecule has 2 N–H and O–H groups in total. The molecule has 1 aliphatic heterocycles. The Balaban J connectivity index is 1.32. The van der Waals surface area contributed by atoms with E-state index in [9.17, 15) is 19.5 Å². The van der Waals surface area contributed by atoms with Gasteiger partial charge in [-0.15, -0.1) is 0 Å².